The molecule has 1 saturated heterocycles. The van der Waals surface area contributed by atoms with Crippen LogP contribution in [-0.4, -0.2) is 43.8 Å². The van der Waals surface area contributed by atoms with E-state index < -0.39 is 28.6 Å². The molecule has 0 aliphatic carbocycles. The minimum absolute atomic E-state index is 0.172. The van der Waals surface area contributed by atoms with E-state index in [2.05, 4.69) is 19.9 Å². The molecule has 0 aromatic carbocycles. The van der Waals surface area contributed by atoms with Gasteiger partial charge in [0.15, 0.2) is 5.65 Å². The molecule has 156 valence electrons. The quantitative estimate of drug-likeness (QED) is 0.692. The second-order valence-electron chi connectivity index (χ2n) is 7.25. The fraction of sp³-hybridized carbons (Fsp3) is 0.350. The highest BCUT2D eigenvalue weighted by Gasteiger charge is 2.36. The van der Waals surface area contributed by atoms with Crippen molar-refractivity contribution in [3.05, 3.63) is 63.6 Å². The predicted octanol–water partition coefficient (Wildman–Crippen LogP) is 3.06. The van der Waals surface area contributed by atoms with Crippen molar-refractivity contribution in [2.45, 2.75) is 31.9 Å². The van der Waals surface area contributed by atoms with Gasteiger partial charge in [-0.15, -0.1) is 0 Å². The Kier molecular flexibility index (Phi) is 5.00. The Balaban J connectivity index is 1.74. The monoisotopic (exact) mass is 417 g/mol. The Hall–Kier alpha value is -3.30. The molecule has 10 heteroatoms. The number of H-pyrrole nitrogens is 1. The van der Waals surface area contributed by atoms with Gasteiger partial charge in [0.2, 0.25) is 0 Å². The van der Waals surface area contributed by atoms with Crippen LogP contribution in [0.3, 0.4) is 0 Å². The summed E-state index contributed by atoms with van der Waals surface area (Å²) in [5.74, 6) is -0.498. The number of likely N-dealkylation sites (tertiary alicyclic amines) is 1. The van der Waals surface area contributed by atoms with Gasteiger partial charge in [-0.25, -0.2) is 9.97 Å². The number of fused-ring (bicyclic) bond motifs is 1. The zero-order valence-electron chi connectivity index (χ0n) is 16.0. The lowest BCUT2D eigenvalue weighted by Gasteiger charge is -2.32. The molecule has 0 saturated carbocycles. The fourth-order valence-electron chi connectivity index (χ4n) is 3.76. The smallest absolute Gasteiger partial charge is 0.337 e. The van der Waals surface area contributed by atoms with Gasteiger partial charge in [0.25, 0.3) is 11.5 Å². The summed E-state index contributed by atoms with van der Waals surface area (Å²) in [5.41, 5.74) is -1.73. The van der Waals surface area contributed by atoms with Crippen LogP contribution in [-0.2, 0) is 6.18 Å². The summed E-state index contributed by atoms with van der Waals surface area (Å²) in [6, 6.07) is 5.91. The Labute approximate surface area is 169 Å². The highest BCUT2D eigenvalue weighted by atomic mass is 19.4. The van der Waals surface area contributed by atoms with Crippen molar-refractivity contribution in [1.29, 1.82) is 0 Å². The molecule has 1 atom stereocenters. The number of hydrogen-bond donors (Lipinski definition) is 1. The maximum absolute atomic E-state index is 13.7. The van der Waals surface area contributed by atoms with Gasteiger partial charge in [0.1, 0.15) is 11.5 Å². The zero-order chi connectivity index (χ0) is 21.5. The van der Waals surface area contributed by atoms with Gasteiger partial charge >= 0.3 is 6.18 Å². The van der Waals surface area contributed by atoms with Crippen LogP contribution in [0.2, 0.25) is 0 Å². The van der Waals surface area contributed by atoms with Crippen molar-refractivity contribution < 1.29 is 18.0 Å². The van der Waals surface area contributed by atoms with Gasteiger partial charge in [-0.2, -0.15) is 13.2 Å². The van der Waals surface area contributed by atoms with Crippen molar-refractivity contribution in [3.63, 3.8) is 0 Å². The predicted molar refractivity (Wildman–Crippen MR) is 102 cm³/mol. The maximum atomic E-state index is 13.7. The Morgan fingerprint density at radius 1 is 1.27 bits per heavy atom. The molecule has 1 unspecified atom stereocenters. The minimum atomic E-state index is -4.74. The van der Waals surface area contributed by atoms with E-state index in [9.17, 15) is 22.8 Å². The molecule has 30 heavy (non-hydrogen) atoms. The van der Waals surface area contributed by atoms with E-state index in [0.717, 1.165) is 6.07 Å². The number of nitrogens with one attached hydrogen (secondary N) is 1. The summed E-state index contributed by atoms with van der Waals surface area (Å²) >= 11 is 0. The first-order valence-electron chi connectivity index (χ1n) is 9.43. The summed E-state index contributed by atoms with van der Waals surface area (Å²) in [5, 5.41) is -0.575. The van der Waals surface area contributed by atoms with E-state index in [1.807, 2.05) is 0 Å². The topological polar surface area (TPSA) is 91.8 Å². The molecular weight excluding hydrogens is 399 g/mol. The molecule has 3 aromatic heterocycles. The standard InChI is InChI=1S/C20H18F3N5O2/c1-11-25-17-16(18(29)26-11)13(20(21,22)23)9-15(27-17)12-5-4-8-28(10-12)19(30)14-6-2-3-7-24-14/h2-3,6-7,9,12H,4-5,8,10H2,1H3,(H,25,26,27,29). The van der Waals surface area contributed by atoms with Gasteiger partial charge in [-0.05, 0) is 38.0 Å². The lowest BCUT2D eigenvalue weighted by atomic mass is 9.92. The molecule has 1 aliphatic rings. The second-order valence-corrected chi connectivity index (χ2v) is 7.25. The number of alkyl halides is 3. The SMILES string of the molecule is Cc1nc2nc(C3CCCN(C(=O)c4ccccn4)C3)cc(C(F)(F)F)c2c(=O)[nH]1. The number of carbonyl (C=O) groups excluding carboxylic acids is 1. The molecule has 1 fully saturated rings. The van der Waals surface area contributed by atoms with Gasteiger partial charge in [0.05, 0.1) is 10.9 Å². The highest BCUT2D eigenvalue weighted by Crippen LogP contribution is 2.36. The summed E-state index contributed by atoms with van der Waals surface area (Å²) in [6.45, 7) is 2.19. The number of rotatable bonds is 2. The van der Waals surface area contributed by atoms with Crippen LogP contribution in [0, 0.1) is 6.92 Å². The number of carbonyl (C=O) groups is 1. The Bertz CT molecular complexity index is 1160. The summed E-state index contributed by atoms with van der Waals surface area (Å²) in [6.07, 6.45) is -2.03. The third kappa shape index (κ3) is 3.77. The van der Waals surface area contributed by atoms with Crippen LogP contribution >= 0.6 is 0 Å². The number of aryl methyl sites for hydroxylation is 1. The van der Waals surface area contributed by atoms with E-state index in [1.54, 1.807) is 23.1 Å². The van der Waals surface area contributed by atoms with E-state index in [-0.39, 0.29) is 35.3 Å². The molecule has 4 heterocycles. The Morgan fingerprint density at radius 3 is 2.77 bits per heavy atom. The molecule has 0 spiro atoms. The second kappa shape index (κ2) is 7.51. The molecule has 1 N–H and O–H groups in total. The molecule has 1 aliphatic heterocycles. The maximum Gasteiger partial charge on any atom is 0.417 e. The van der Waals surface area contributed by atoms with Gasteiger partial charge in [-0.3, -0.25) is 14.6 Å². The van der Waals surface area contributed by atoms with E-state index in [0.29, 0.717) is 19.4 Å². The van der Waals surface area contributed by atoms with Crippen molar-refractivity contribution in [3.8, 4) is 0 Å². The van der Waals surface area contributed by atoms with Crippen LogP contribution in [0.15, 0.2) is 35.3 Å². The number of nitrogens with zero attached hydrogens (tertiary/aromatic N) is 4. The van der Waals surface area contributed by atoms with Crippen molar-refractivity contribution in [2.24, 2.45) is 0 Å². The first-order valence-corrected chi connectivity index (χ1v) is 9.43. The third-order valence-corrected chi connectivity index (χ3v) is 5.13. The molecule has 7 nitrogen and oxygen atoms in total. The first-order chi connectivity index (χ1) is 14.2. The molecule has 3 aromatic rings. The number of hydrogen-bond acceptors (Lipinski definition) is 5. The normalized spacial score (nSPS) is 17.3. The summed E-state index contributed by atoms with van der Waals surface area (Å²) in [7, 11) is 0. The fourth-order valence-corrected chi connectivity index (χ4v) is 3.76. The minimum Gasteiger partial charge on any atom is -0.337 e. The largest absolute Gasteiger partial charge is 0.417 e. The van der Waals surface area contributed by atoms with Crippen molar-refractivity contribution in [1.82, 2.24) is 24.8 Å². The molecule has 0 bridgehead atoms. The van der Waals surface area contributed by atoms with Gasteiger partial charge < -0.3 is 9.88 Å². The average Bonchev–Trinajstić information content (AvgIpc) is 2.72. The van der Waals surface area contributed by atoms with Gasteiger partial charge in [-0.1, -0.05) is 6.07 Å². The summed E-state index contributed by atoms with van der Waals surface area (Å²) < 4.78 is 41.1. The van der Waals surface area contributed by atoms with Crippen LogP contribution in [0.1, 0.15) is 46.3 Å². The van der Waals surface area contributed by atoms with Gasteiger partial charge in [0, 0.05) is 30.9 Å². The lowest BCUT2D eigenvalue weighted by molar-refractivity contribution is -0.136. The van der Waals surface area contributed by atoms with Crippen LogP contribution in [0.4, 0.5) is 13.2 Å². The number of halogens is 3. The Morgan fingerprint density at radius 2 is 2.07 bits per heavy atom. The molecule has 1 amide bonds. The first kappa shape index (κ1) is 20.0. The van der Waals surface area contributed by atoms with Crippen LogP contribution in [0.5, 0.6) is 0 Å². The number of pyridine rings is 2. The highest BCUT2D eigenvalue weighted by molar-refractivity contribution is 5.92. The van der Waals surface area contributed by atoms with E-state index in [4.69, 9.17) is 0 Å². The van der Waals surface area contributed by atoms with E-state index in [1.165, 1.54) is 13.1 Å². The van der Waals surface area contributed by atoms with Crippen molar-refractivity contribution >= 4 is 16.9 Å². The van der Waals surface area contributed by atoms with E-state index >= 15 is 0 Å². The number of amides is 1. The molecule has 4 rings (SSSR count). The summed E-state index contributed by atoms with van der Waals surface area (Å²) in [4.78, 5) is 41.1. The molecular formula is C20H18F3N5O2. The number of aromatic nitrogens is 4. The number of aromatic amines is 1. The zero-order valence-corrected chi connectivity index (χ0v) is 16.0. The number of piperidine rings is 1. The average molecular weight is 417 g/mol. The lowest BCUT2D eigenvalue weighted by Crippen LogP contribution is -2.39. The van der Waals surface area contributed by atoms with Crippen LogP contribution in [0.25, 0.3) is 11.0 Å². The van der Waals surface area contributed by atoms with Crippen LogP contribution < -0.4 is 5.56 Å². The molecule has 0 radical (unpaired) electrons. The third-order valence-electron chi connectivity index (χ3n) is 5.13. The van der Waals surface area contributed by atoms with Crippen molar-refractivity contribution in [2.75, 3.05) is 13.1 Å².